The Labute approximate surface area is 102 Å². The van der Waals surface area contributed by atoms with Crippen LogP contribution in [-0.2, 0) is 6.54 Å². The third kappa shape index (κ3) is 2.94. The van der Waals surface area contributed by atoms with Crippen LogP contribution >= 0.6 is 0 Å². The van der Waals surface area contributed by atoms with Crippen molar-refractivity contribution in [2.75, 3.05) is 0 Å². The Bertz CT molecular complexity index is 486. The maximum atomic E-state index is 4.14. The van der Waals surface area contributed by atoms with Gasteiger partial charge in [-0.3, -0.25) is 5.10 Å². The Morgan fingerprint density at radius 1 is 1.35 bits per heavy atom. The summed E-state index contributed by atoms with van der Waals surface area (Å²) < 4.78 is 0. The van der Waals surface area contributed by atoms with Crippen LogP contribution in [-0.4, -0.2) is 16.2 Å². The largest absolute Gasteiger partial charge is 0.310 e. The van der Waals surface area contributed by atoms with Crippen LogP contribution in [0.15, 0.2) is 30.5 Å². The molecular weight excluding hydrogens is 210 g/mol. The monoisotopic (exact) mass is 229 g/mol. The third-order valence-electron chi connectivity index (χ3n) is 2.73. The molecule has 1 aromatic carbocycles. The minimum absolute atomic E-state index is 0.482. The van der Waals surface area contributed by atoms with Gasteiger partial charge in [-0.05, 0) is 13.0 Å². The molecule has 90 valence electrons. The number of nitrogens with zero attached hydrogens (tertiary/aromatic N) is 1. The van der Waals surface area contributed by atoms with E-state index in [0.29, 0.717) is 6.04 Å². The lowest BCUT2D eigenvalue weighted by atomic mass is 10.1. The van der Waals surface area contributed by atoms with Crippen molar-refractivity contribution in [3.63, 3.8) is 0 Å². The molecule has 0 fully saturated rings. The van der Waals surface area contributed by atoms with E-state index in [1.54, 1.807) is 0 Å². The number of aromatic nitrogens is 2. The number of rotatable bonds is 4. The van der Waals surface area contributed by atoms with Gasteiger partial charge in [0.2, 0.25) is 0 Å². The summed E-state index contributed by atoms with van der Waals surface area (Å²) in [5, 5.41) is 10.6. The number of nitrogens with one attached hydrogen (secondary N) is 2. The summed E-state index contributed by atoms with van der Waals surface area (Å²) >= 11 is 0. The number of aromatic amines is 1. The minimum atomic E-state index is 0.482. The maximum absolute atomic E-state index is 4.14. The molecule has 3 heteroatoms. The van der Waals surface area contributed by atoms with Gasteiger partial charge in [-0.15, -0.1) is 0 Å². The van der Waals surface area contributed by atoms with Gasteiger partial charge in [0.15, 0.2) is 0 Å². The smallest absolute Gasteiger partial charge is 0.0695 e. The Morgan fingerprint density at radius 3 is 2.88 bits per heavy atom. The van der Waals surface area contributed by atoms with Crippen molar-refractivity contribution in [2.45, 2.75) is 33.4 Å². The highest BCUT2D eigenvalue weighted by Crippen LogP contribution is 2.21. The average molecular weight is 229 g/mol. The minimum Gasteiger partial charge on any atom is -0.310 e. The molecule has 17 heavy (non-hydrogen) atoms. The third-order valence-corrected chi connectivity index (χ3v) is 2.73. The summed E-state index contributed by atoms with van der Waals surface area (Å²) in [6, 6.07) is 8.94. The van der Waals surface area contributed by atoms with Crippen LogP contribution in [0.25, 0.3) is 11.3 Å². The molecule has 3 nitrogen and oxygen atoms in total. The van der Waals surface area contributed by atoms with E-state index in [4.69, 9.17) is 0 Å². The molecule has 0 amide bonds. The summed E-state index contributed by atoms with van der Waals surface area (Å²) in [4.78, 5) is 0. The van der Waals surface area contributed by atoms with Gasteiger partial charge in [0.05, 0.1) is 11.9 Å². The first-order chi connectivity index (χ1) is 8.16. The second-order valence-electron chi connectivity index (χ2n) is 4.68. The van der Waals surface area contributed by atoms with Gasteiger partial charge in [0.25, 0.3) is 0 Å². The number of hydrogen-bond donors (Lipinski definition) is 2. The lowest BCUT2D eigenvalue weighted by molar-refractivity contribution is 0.589. The topological polar surface area (TPSA) is 40.7 Å². The van der Waals surface area contributed by atoms with E-state index in [0.717, 1.165) is 12.2 Å². The fourth-order valence-electron chi connectivity index (χ4n) is 1.81. The summed E-state index contributed by atoms with van der Waals surface area (Å²) in [7, 11) is 0. The molecule has 2 aromatic rings. The fourth-order valence-corrected chi connectivity index (χ4v) is 1.81. The summed E-state index contributed by atoms with van der Waals surface area (Å²) in [6.45, 7) is 7.24. The van der Waals surface area contributed by atoms with Gasteiger partial charge in [0, 0.05) is 23.7 Å². The molecule has 0 aliphatic carbocycles. The molecule has 0 bridgehead atoms. The van der Waals surface area contributed by atoms with Crippen molar-refractivity contribution in [3.05, 3.63) is 41.6 Å². The first-order valence-electron chi connectivity index (χ1n) is 5.99. The van der Waals surface area contributed by atoms with Crippen molar-refractivity contribution < 1.29 is 0 Å². The molecule has 0 saturated carbocycles. The quantitative estimate of drug-likeness (QED) is 0.846. The van der Waals surface area contributed by atoms with Crippen molar-refractivity contribution >= 4 is 0 Å². The average Bonchev–Trinajstić information content (AvgIpc) is 2.74. The van der Waals surface area contributed by atoms with E-state index in [-0.39, 0.29) is 0 Å². The lowest BCUT2D eigenvalue weighted by Gasteiger charge is -2.08. The van der Waals surface area contributed by atoms with E-state index in [1.165, 1.54) is 16.7 Å². The van der Waals surface area contributed by atoms with Gasteiger partial charge < -0.3 is 5.32 Å². The first kappa shape index (κ1) is 11.9. The Hall–Kier alpha value is -1.61. The molecule has 1 heterocycles. The standard InChI is InChI=1S/C14H19N3/c1-10(2)15-8-13-9-16-17-14(13)12-6-4-5-11(3)7-12/h4-7,9-10,15H,8H2,1-3H3,(H,16,17). The SMILES string of the molecule is Cc1cccc(-c2[nH]ncc2CNC(C)C)c1. The predicted molar refractivity (Wildman–Crippen MR) is 70.7 cm³/mol. The maximum Gasteiger partial charge on any atom is 0.0695 e. The molecule has 1 aromatic heterocycles. The Kier molecular flexibility index (Phi) is 3.59. The normalized spacial score (nSPS) is 11.1. The number of hydrogen-bond acceptors (Lipinski definition) is 2. The first-order valence-corrected chi connectivity index (χ1v) is 5.99. The lowest BCUT2D eigenvalue weighted by Crippen LogP contribution is -2.21. The van der Waals surface area contributed by atoms with E-state index < -0.39 is 0 Å². The molecule has 0 aliphatic rings. The zero-order valence-electron chi connectivity index (χ0n) is 10.6. The van der Waals surface area contributed by atoms with E-state index >= 15 is 0 Å². The molecule has 0 radical (unpaired) electrons. The zero-order chi connectivity index (χ0) is 12.3. The molecule has 0 aliphatic heterocycles. The van der Waals surface area contributed by atoms with Gasteiger partial charge in [-0.25, -0.2) is 0 Å². The van der Waals surface area contributed by atoms with Crippen LogP contribution in [0.1, 0.15) is 25.0 Å². The second kappa shape index (κ2) is 5.15. The van der Waals surface area contributed by atoms with Gasteiger partial charge in [-0.1, -0.05) is 37.6 Å². The zero-order valence-corrected chi connectivity index (χ0v) is 10.6. The fraction of sp³-hybridized carbons (Fsp3) is 0.357. The van der Waals surface area contributed by atoms with Gasteiger partial charge in [-0.2, -0.15) is 5.10 Å². The van der Waals surface area contributed by atoms with Crippen LogP contribution in [0.2, 0.25) is 0 Å². The molecular formula is C14H19N3. The molecule has 0 spiro atoms. The summed E-state index contributed by atoms with van der Waals surface area (Å²) in [6.07, 6.45) is 1.90. The number of aryl methyl sites for hydroxylation is 1. The number of H-pyrrole nitrogens is 1. The number of benzene rings is 1. The Morgan fingerprint density at radius 2 is 2.18 bits per heavy atom. The van der Waals surface area contributed by atoms with Crippen LogP contribution in [0.3, 0.4) is 0 Å². The van der Waals surface area contributed by atoms with Crippen molar-refractivity contribution in [1.29, 1.82) is 0 Å². The van der Waals surface area contributed by atoms with E-state index in [9.17, 15) is 0 Å². The molecule has 0 saturated heterocycles. The molecule has 0 atom stereocenters. The highest BCUT2D eigenvalue weighted by atomic mass is 15.1. The predicted octanol–water partition coefficient (Wildman–Crippen LogP) is 2.88. The summed E-state index contributed by atoms with van der Waals surface area (Å²) in [5.74, 6) is 0. The highest BCUT2D eigenvalue weighted by molar-refractivity contribution is 5.63. The second-order valence-corrected chi connectivity index (χ2v) is 4.68. The van der Waals surface area contributed by atoms with Crippen molar-refractivity contribution in [1.82, 2.24) is 15.5 Å². The van der Waals surface area contributed by atoms with E-state index in [2.05, 4.69) is 60.6 Å². The molecule has 2 rings (SSSR count). The Balaban J connectivity index is 2.24. The highest BCUT2D eigenvalue weighted by Gasteiger charge is 2.07. The van der Waals surface area contributed by atoms with Crippen LogP contribution in [0, 0.1) is 6.92 Å². The van der Waals surface area contributed by atoms with Crippen LogP contribution in [0.5, 0.6) is 0 Å². The van der Waals surface area contributed by atoms with Crippen molar-refractivity contribution in [2.24, 2.45) is 0 Å². The van der Waals surface area contributed by atoms with E-state index in [1.807, 2.05) is 6.20 Å². The van der Waals surface area contributed by atoms with Gasteiger partial charge in [0.1, 0.15) is 0 Å². The molecule has 2 N–H and O–H groups in total. The van der Waals surface area contributed by atoms with Crippen molar-refractivity contribution in [3.8, 4) is 11.3 Å². The van der Waals surface area contributed by atoms with Crippen LogP contribution in [0.4, 0.5) is 0 Å². The van der Waals surface area contributed by atoms with Crippen LogP contribution < -0.4 is 5.32 Å². The molecule has 0 unspecified atom stereocenters. The summed E-state index contributed by atoms with van der Waals surface area (Å²) in [5.41, 5.74) is 4.79. The van der Waals surface area contributed by atoms with Gasteiger partial charge >= 0.3 is 0 Å².